The van der Waals surface area contributed by atoms with Crippen LogP contribution in [-0.4, -0.2) is 52.1 Å². The van der Waals surface area contributed by atoms with Gasteiger partial charge < -0.3 is 4.90 Å². The van der Waals surface area contributed by atoms with Crippen molar-refractivity contribution >= 4 is 27.8 Å². The van der Waals surface area contributed by atoms with E-state index in [2.05, 4.69) is 35.8 Å². The third kappa shape index (κ3) is 3.20. The molecule has 3 saturated heterocycles. The summed E-state index contributed by atoms with van der Waals surface area (Å²) in [7, 11) is 0. The van der Waals surface area contributed by atoms with Crippen molar-refractivity contribution in [3.05, 3.63) is 52.3 Å². The highest BCUT2D eigenvalue weighted by Gasteiger charge is 2.56. The second-order valence-electron chi connectivity index (χ2n) is 8.01. The number of fused-ring (bicyclic) bond motifs is 1. The molecule has 1 aromatic heterocycles. The fourth-order valence-corrected chi connectivity index (χ4v) is 5.04. The molecule has 152 valence electrons. The Morgan fingerprint density at radius 2 is 1.69 bits per heavy atom. The third-order valence-electron chi connectivity index (χ3n) is 6.29. The molecule has 5 rings (SSSR count). The molecule has 29 heavy (non-hydrogen) atoms. The van der Waals surface area contributed by atoms with Crippen LogP contribution in [0, 0.1) is 17.0 Å². The lowest BCUT2D eigenvalue weighted by Crippen LogP contribution is -2.46. The Morgan fingerprint density at radius 1 is 1.03 bits per heavy atom. The van der Waals surface area contributed by atoms with Crippen molar-refractivity contribution in [2.24, 2.45) is 5.41 Å². The molecule has 3 aliphatic rings. The number of hydrogen-bond donors (Lipinski definition) is 0. The first-order valence-electron chi connectivity index (χ1n) is 9.72. The zero-order valence-corrected chi connectivity index (χ0v) is 17.3. The molecule has 3 fully saturated rings. The highest BCUT2D eigenvalue weighted by molar-refractivity contribution is 9.10. The monoisotopic (exact) mass is 463 g/mol. The number of carbonyl (C=O) groups excluding carboxylic acids is 1. The summed E-state index contributed by atoms with van der Waals surface area (Å²) < 4.78 is 28.3. The fraction of sp³-hybridized carbons (Fsp3) is 0.450. The zero-order valence-electron chi connectivity index (χ0n) is 15.7. The second-order valence-corrected chi connectivity index (χ2v) is 8.93. The van der Waals surface area contributed by atoms with E-state index in [9.17, 15) is 13.6 Å². The average Bonchev–Trinajstić information content (AvgIpc) is 3.21. The van der Waals surface area contributed by atoms with Crippen molar-refractivity contribution in [1.29, 1.82) is 0 Å². The van der Waals surface area contributed by atoms with Crippen LogP contribution in [0.25, 0.3) is 0 Å². The average molecular weight is 464 g/mol. The summed E-state index contributed by atoms with van der Waals surface area (Å²) in [5.41, 5.74) is 0.0762. The van der Waals surface area contributed by atoms with Gasteiger partial charge in [0.2, 0.25) is 11.9 Å². The van der Waals surface area contributed by atoms with E-state index in [1.807, 2.05) is 0 Å². The number of nitrogens with zero attached hydrogens (tertiary/aromatic N) is 5. The Morgan fingerprint density at radius 3 is 2.34 bits per heavy atom. The molecule has 6 nitrogen and oxygen atoms in total. The van der Waals surface area contributed by atoms with Gasteiger partial charge in [0.15, 0.2) is 0 Å². The van der Waals surface area contributed by atoms with E-state index < -0.39 is 17.0 Å². The molecule has 1 aromatic carbocycles. The van der Waals surface area contributed by atoms with Crippen LogP contribution in [0.5, 0.6) is 0 Å². The SMILES string of the molecule is O=C1N2[C@H](c3cc(F)cc(F)c3)CCN2CC12CCN(c1ncc(Br)cn1)CC2. The smallest absolute Gasteiger partial charge is 0.245 e. The van der Waals surface area contributed by atoms with Crippen molar-refractivity contribution in [1.82, 2.24) is 20.0 Å². The summed E-state index contributed by atoms with van der Waals surface area (Å²) in [5, 5.41) is 3.81. The van der Waals surface area contributed by atoms with E-state index in [0.717, 1.165) is 17.1 Å². The summed E-state index contributed by atoms with van der Waals surface area (Å²) in [5.74, 6) is -0.478. The van der Waals surface area contributed by atoms with E-state index in [4.69, 9.17) is 0 Å². The summed E-state index contributed by atoms with van der Waals surface area (Å²) in [6.07, 6.45) is 5.55. The lowest BCUT2D eigenvalue weighted by Gasteiger charge is -2.37. The Kier molecular flexibility index (Phi) is 4.54. The van der Waals surface area contributed by atoms with Gasteiger partial charge in [0, 0.05) is 44.6 Å². The quantitative estimate of drug-likeness (QED) is 0.683. The van der Waals surface area contributed by atoms with Crippen LogP contribution in [0.3, 0.4) is 0 Å². The van der Waals surface area contributed by atoms with Gasteiger partial charge in [-0.1, -0.05) is 0 Å². The van der Waals surface area contributed by atoms with Gasteiger partial charge in [0.1, 0.15) is 11.6 Å². The third-order valence-corrected chi connectivity index (χ3v) is 6.70. The van der Waals surface area contributed by atoms with Gasteiger partial charge in [-0.05, 0) is 52.9 Å². The molecule has 0 bridgehead atoms. The number of aromatic nitrogens is 2. The molecule has 3 aliphatic heterocycles. The van der Waals surface area contributed by atoms with Crippen molar-refractivity contribution in [2.45, 2.75) is 25.3 Å². The number of hydrazine groups is 1. The topological polar surface area (TPSA) is 52.6 Å². The van der Waals surface area contributed by atoms with Gasteiger partial charge in [-0.3, -0.25) is 9.80 Å². The van der Waals surface area contributed by atoms with Crippen molar-refractivity contribution in [3.63, 3.8) is 0 Å². The van der Waals surface area contributed by atoms with Crippen LogP contribution in [0.4, 0.5) is 14.7 Å². The first-order valence-corrected chi connectivity index (χ1v) is 10.5. The van der Waals surface area contributed by atoms with Gasteiger partial charge in [0.05, 0.1) is 15.9 Å². The van der Waals surface area contributed by atoms with Crippen LogP contribution in [0.2, 0.25) is 0 Å². The van der Waals surface area contributed by atoms with E-state index in [1.54, 1.807) is 17.4 Å². The largest absolute Gasteiger partial charge is 0.341 e. The Labute approximate surface area is 175 Å². The maximum absolute atomic E-state index is 13.7. The van der Waals surface area contributed by atoms with Gasteiger partial charge in [-0.2, -0.15) is 0 Å². The molecule has 0 N–H and O–H groups in total. The number of amides is 1. The van der Waals surface area contributed by atoms with E-state index in [-0.39, 0.29) is 11.9 Å². The van der Waals surface area contributed by atoms with Crippen LogP contribution in [0.1, 0.15) is 30.9 Å². The molecule has 1 spiro atoms. The van der Waals surface area contributed by atoms with Gasteiger partial charge in [-0.15, -0.1) is 0 Å². The Bertz CT molecular complexity index is 928. The van der Waals surface area contributed by atoms with E-state index >= 15 is 0 Å². The number of rotatable bonds is 2. The maximum Gasteiger partial charge on any atom is 0.245 e. The van der Waals surface area contributed by atoms with Crippen molar-refractivity contribution in [2.75, 3.05) is 31.1 Å². The van der Waals surface area contributed by atoms with Gasteiger partial charge in [-0.25, -0.2) is 23.8 Å². The molecular formula is C20H20BrF2N5O. The first kappa shape index (κ1) is 18.9. The molecule has 1 amide bonds. The summed E-state index contributed by atoms with van der Waals surface area (Å²) in [6, 6.07) is 3.23. The Hall–Kier alpha value is -2.13. The minimum atomic E-state index is -0.609. The first-order chi connectivity index (χ1) is 13.9. The number of hydrogen-bond acceptors (Lipinski definition) is 5. The lowest BCUT2D eigenvalue weighted by molar-refractivity contribution is -0.143. The predicted molar refractivity (Wildman–Crippen MR) is 106 cm³/mol. The second kappa shape index (κ2) is 6.98. The minimum absolute atomic E-state index is 0.0704. The van der Waals surface area contributed by atoms with Crippen LogP contribution in [-0.2, 0) is 4.79 Å². The van der Waals surface area contributed by atoms with Crippen molar-refractivity contribution in [3.8, 4) is 0 Å². The number of halogens is 3. The lowest BCUT2D eigenvalue weighted by atomic mass is 9.78. The van der Waals surface area contributed by atoms with Gasteiger partial charge >= 0.3 is 0 Å². The highest BCUT2D eigenvalue weighted by atomic mass is 79.9. The molecule has 0 radical (unpaired) electrons. The molecule has 0 unspecified atom stereocenters. The predicted octanol–water partition coefficient (Wildman–Crippen LogP) is 3.31. The van der Waals surface area contributed by atoms with Gasteiger partial charge in [0.25, 0.3) is 0 Å². The standard InChI is InChI=1S/C20H20BrF2N5O/c21-14-10-24-19(25-11-14)26-5-2-20(3-6-26)12-27-4-1-17(28(27)18(20)29)13-7-15(22)9-16(23)8-13/h7-11,17H,1-6,12H2/t17-/m0/s1. The summed E-state index contributed by atoms with van der Waals surface area (Å²) in [6.45, 7) is 2.79. The summed E-state index contributed by atoms with van der Waals surface area (Å²) >= 11 is 3.34. The van der Waals surface area contributed by atoms with Crippen LogP contribution < -0.4 is 4.90 Å². The fourth-order valence-electron chi connectivity index (χ4n) is 4.83. The van der Waals surface area contributed by atoms with Crippen molar-refractivity contribution < 1.29 is 13.6 Å². The molecule has 9 heteroatoms. The normalized spacial score (nSPS) is 23.8. The number of carbonyl (C=O) groups is 1. The molecule has 1 atom stereocenters. The molecule has 0 saturated carbocycles. The number of piperidine rings is 1. The minimum Gasteiger partial charge on any atom is -0.341 e. The zero-order chi connectivity index (χ0) is 20.2. The molecular weight excluding hydrogens is 444 g/mol. The molecule has 2 aromatic rings. The van der Waals surface area contributed by atoms with Crippen LogP contribution in [0.15, 0.2) is 35.1 Å². The number of benzene rings is 1. The summed E-state index contributed by atoms with van der Waals surface area (Å²) in [4.78, 5) is 24.3. The maximum atomic E-state index is 13.7. The molecule has 0 aliphatic carbocycles. The molecule has 4 heterocycles. The van der Waals surface area contributed by atoms with E-state index in [0.29, 0.717) is 50.4 Å². The van der Waals surface area contributed by atoms with E-state index in [1.165, 1.54) is 12.1 Å². The van der Waals surface area contributed by atoms with Crippen LogP contribution >= 0.6 is 15.9 Å². The Balaban J connectivity index is 1.34. The highest BCUT2D eigenvalue weighted by Crippen LogP contribution is 2.47. The number of anilines is 1.